The average Bonchev–Trinajstić information content (AvgIpc) is 3.47. The molecule has 216 valence electrons. The van der Waals surface area contributed by atoms with E-state index in [2.05, 4.69) is 4.98 Å². The topological polar surface area (TPSA) is 98.0 Å². The number of ketones is 2. The van der Waals surface area contributed by atoms with Gasteiger partial charge in [0.15, 0.2) is 5.78 Å². The summed E-state index contributed by atoms with van der Waals surface area (Å²) < 4.78 is 7.68. The number of halogens is 2. The largest absolute Gasteiger partial charge is 0.487 e. The highest BCUT2D eigenvalue weighted by atomic mass is 35.5. The van der Waals surface area contributed by atoms with Gasteiger partial charge in [-0.15, -0.1) is 11.3 Å². The molecule has 1 N–H and O–H groups in total. The molecule has 0 aliphatic rings. The van der Waals surface area contributed by atoms with Crippen LogP contribution in [0.3, 0.4) is 0 Å². The Morgan fingerprint density at radius 1 is 1.07 bits per heavy atom. The van der Waals surface area contributed by atoms with Crippen LogP contribution in [0.1, 0.15) is 83.7 Å². The van der Waals surface area contributed by atoms with Crippen molar-refractivity contribution in [2.75, 3.05) is 0 Å². The summed E-state index contributed by atoms with van der Waals surface area (Å²) in [5, 5.41) is 13.5. The van der Waals surface area contributed by atoms with E-state index in [-0.39, 0.29) is 35.1 Å². The molecule has 4 aromatic rings. The van der Waals surface area contributed by atoms with Crippen LogP contribution in [-0.2, 0) is 17.8 Å². The summed E-state index contributed by atoms with van der Waals surface area (Å²) >= 11 is 13.9. The van der Waals surface area contributed by atoms with Crippen molar-refractivity contribution in [1.29, 1.82) is 0 Å². The fourth-order valence-corrected chi connectivity index (χ4v) is 5.47. The summed E-state index contributed by atoms with van der Waals surface area (Å²) in [5.74, 6) is -1.15. The highest BCUT2D eigenvalue weighted by Gasteiger charge is 2.39. The Balaban J connectivity index is 1.99. The molecule has 1 unspecified atom stereocenters. The fourth-order valence-electron chi connectivity index (χ4n) is 4.57. The van der Waals surface area contributed by atoms with Gasteiger partial charge in [-0.1, -0.05) is 50.9 Å². The maximum absolute atomic E-state index is 14.2. The minimum atomic E-state index is -1.23. The predicted octanol–water partition coefficient (Wildman–Crippen LogP) is 8.09. The first kappa shape index (κ1) is 30.8. The van der Waals surface area contributed by atoms with E-state index in [0.717, 1.165) is 10.7 Å². The minimum absolute atomic E-state index is 0.0334. The number of benzene rings is 1. The molecule has 3 aromatic heterocycles. The number of nitrogens with zero attached hydrogens (tertiary/aromatic N) is 2. The standard InChI is InChI=1S/C31H32Cl2N2O5S/c1-7-31(6,29(38)39)14-21-25(28(37)30(3,4)5)24-13-20(40-15-19-16-41-17(2)34-19)10-11-35(24)26(21)27(36)18-8-9-22(32)23(33)12-18/h8-13,16H,7,14-15H2,1-6H3,(H,38,39). The van der Waals surface area contributed by atoms with Gasteiger partial charge in [-0.3, -0.25) is 14.4 Å². The second-order valence-electron chi connectivity index (χ2n) is 11.4. The zero-order valence-electron chi connectivity index (χ0n) is 23.8. The van der Waals surface area contributed by atoms with Gasteiger partial charge in [0.2, 0.25) is 5.78 Å². The molecular formula is C31H32Cl2N2O5S. The fraction of sp³-hybridized carbons (Fsp3) is 0.355. The lowest BCUT2D eigenvalue weighted by Gasteiger charge is -2.25. The van der Waals surface area contributed by atoms with Crippen molar-refractivity contribution in [3.05, 3.63) is 85.0 Å². The van der Waals surface area contributed by atoms with Gasteiger partial charge in [-0.2, -0.15) is 0 Å². The lowest BCUT2D eigenvalue weighted by Crippen LogP contribution is -2.31. The van der Waals surface area contributed by atoms with Crippen molar-refractivity contribution >= 4 is 57.6 Å². The molecule has 10 heteroatoms. The van der Waals surface area contributed by atoms with E-state index in [1.807, 2.05) is 12.3 Å². The van der Waals surface area contributed by atoms with Crippen LogP contribution in [0.2, 0.25) is 10.0 Å². The van der Waals surface area contributed by atoms with Crippen molar-refractivity contribution in [1.82, 2.24) is 9.38 Å². The van der Waals surface area contributed by atoms with Gasteiger partial charge in [0.1, 0.15) is 12.4 Å². The molecule has 0 amide bonds. The maximum atomic E-state index is 14.2. The van der Waals surface area contributed by atoms with Crippen LogP contribution in [0.4, 0.5) is 0 Å². The summed E-state index contributed by atoms with van der Waals surface area (Å²) in [6.07, 6.45) is 1.93. The highest BCUT2D eigenvalue weighted by molar-refractivity contribution is 7.09. The molecule has 3 heterocycles. The van der Waals surface area contributed by atoms with Crippen molar-refractivity contribution in [3.63, 3.8) is 0 Å². The molecule has 1 aromatic carbocycles. The SMILES string of the molecule is CCC(C)(Cc1c(C(=O)C(C)(C)C)c2cc(OCc3csc(C)n3)ccn2c1C(=O)c1ccc(Cl)c(Cl)c1)C(=O)O. The van der Waals surface area contributed by atoms with Gasteiger partial charge in [0, 0.05) is 34.2 Å². The first-order valence-corrected chi connectivity index (χ1v) is 14.8. The van der Waals surface area contributed by atoms with Crippen molar-refractivity contribution < 1.29 is 24.2 Å². The van der Waals surface area contributed by atoms with E-state index >= 15 is 0 Å². The maximum Gasteiger partial charge on any atom is 0.309 e. The molecule has 0 saturated carbocycles. The Morgan fingerprint density at radius 3 is 2.34 bits per heavy atom. The number of Topliss-reactive ketones (excluding diaryl/α,β-unsaturated/α-hetero) is 1. The molecule has 0 bridgehead atoms. The Labute approximate surface area is 253 Å². The van der Waals surface area contributed by atoms with Gasteiger partial charge < -0.3 is 14.2 Å². The smallest absolute Gasteiger partial charge is 0.309 e. The minimum Gasteiger partial charge on any atom is -0.487 e. The van der Waals surface area contributed by atoms with Crippen LogP contribution < -0.4 is 4.74 Å². The number of hydrogen-bond donors (Lipinski definition) is 1. The molecule has 41 heavy (non-hydrogen) atoms. The second-order valence-corrected chi connectivity index (χ2v) is 13.3. The molecule has 7 nitrogen and oxygen atoms in total. The number of aryl methyl sites for hydroxylation is 1. The molecule has 1 atom stereocenters. The Bertz CT molecular complexity index is 1670. The van der Waals surface area contributed by atoms with Crippen LogP contribution in [0, 0.1) is 17.8 Å². The number of pyridine rings is 1. The quantitative estimate of drug-likeness (QED) is 0.181. The van der Waals surface area contributed by atoms with Crippen LogP contribution in [0.15, 0.2) is 41.9 Å². The zero-order valence-corrected chi connectivity index (χ0v) is 26.1. The van der Waals surface area contributed by atoms with Gasteiger partial charge >= 0.3 is 5.97 Å². The first-order chi connectivity index (χ1) is 19.2. The normalized spacial score (nSPS) is 13.3. The number of fused-ring (bicyclic) bond motifs is 1. The Kier molecular flexibility index (Phi) is 8.69. The van der Waals surface area contributed by atoms with Crippen LogP contribution in [0.25, 0.3) is 5.52 Å². The number of carboxylic acid groups (broad SMARTS) is 1. The van der Waals surface area contributed by atoms with E-state index in [0.29, 0.717) is 33.8 Å². The number of carbonyl (C=O) groups excluding carboxylic acids is 2. The third-order valence-electron chi connectivity index (χ3n) is 7.23. The summed E-state index contributed by atoms with van der Waals surface area (Å²) in [6.45, 7) is 10.9. The van der Waals surface area contributed by atoms with Crippen LogP contribution in [0.5, 0.6) is 5.75 Å². The second kappa shape index (κ2) is 11.6. The third-order valence-corrected chi connectivity index (χ3v) is 8.79. The number of hydrogen-bond acceptors (Lipinski definition) is 6. The van der Waals surface area contributed by atoms with Gasteiger partial charge in [0.05, 0.1) is 37.4 Å². The highest BCUT2D eigenvalue weighted by Crippen LogP contribution is 2.38. The van der Waals surface area contributed by atoms with E-state index in [9.17, 15) is 19.5 Å². The number of rotatable bonds is 10. The molecule has 0 radical (unpaired) electrons. The Hall–Kier alpha value is -3.20. The number of carbonyl (C=O) groups is 3. The van der Waals surface area contributed by atoms with E-state index in [1.54, 1.807) is 63.4 Å². The number of aromatic nitrogens is 2. The van der Waals surface area contributed by atoms with Gasteiger partial charge in [-0.05, 0) is 56.5 Å². The molecular weight excluding hydrogens is 583 g/mol. The summed E-state index contributed by atoms with van der Waals surface area (Å²) in [4.78, 5) is 45.1. The third kappa shape index (κ3) is 6.20. The molecule has 4 rings (SSSR count). The summed E-state index contributed by atoms with van der Waals surface area (Å²) in [5.41, 5.74) is 0.338. The average molecular weight is 616 g/mol. The number of carboxylic acids is 1. The van der Waals surface area contributed by atoms with Gasteiger partial charge in [0.25, 0.3) is 0 Å². The number of aliphatic carboxylic acids is 1. The van der Waals surface area contributed by atoms with Crippen molar-refractivity contribution in [2.24, 2.45) is 10.8 Å². The molecule has 0 spiro atoms. The van der Waals surface area contributed by atoms with Crippen LogP contribution >= 0.6 is 34.5 Å². The van der Waals surface area contributed by atoms with Crippen molar-refractivity contribution in [3.8, 4) is 5.75 Å². The number of thiazole rings is 1. The monoisotopic (exact) mass is 614 g/mol. The van der Waals surface area contributed by atoms with E-state index < -0.39 is 22.6 Å². The van der Waals surface area contributed by atoms with Crippen LogP contribution in [-0.4, -0.2) is 32.0 Å². The Morgan fingerprint density at radius 2 is 1.78 bits per heavy atom. The summed E-state index contributed by atoms with van der Waals surface area (Å²) in [6, 6.07) is 8.01. The van der Waals surface area contributed by atoms with E-state index in [4.69, 9.17) is 27.9 Å². The first-order valence-electron chi connectivity index (χ1n) is 13.1. The predicted molar refractivity (Wildman–Crippen MR) is 162 cm³/mol. The molecule has 0 aliphatic heterocycles. The number of ether oxygens (including phenoxy) is 1. The van der Waals surface area contributed by atoms with Crippen molar-refractivity contribution in [2.45, 2.75) is 61.0 Å². The van der Waals surface area contributed by atoms with Gasteiger partial charge in [-0.25, -0.2) is 4.98 Å². The molecule has 0 fully saturated rings. The zero-order chi connectivity index (χ0) is 30.3. The summed E-state index contributed by atoms with van der Waals surface area (Å²) in [7, 11) is 0. The lowest BCUT2D eigenvalue weighted by molar-refractivity contribution is -0.148. The van der Waals surface area contributed by atoms with E-state index in [1.165, 1.54) is 23.5 Å². The molecule has 0 aliphatic carbocycles. The lowest BCUT2D eigenvalue weighted by atomic mass is 9.77. The molecule has 0 saturated heterocycles.